The lowest BCUT2D eigenvalue weighted by molar-refractivity contribution is -0.167. The van der Waals surface area contributed by atoms with Crippen LogP contribution >= 0.6 is 0 Å². The zero-order chi connectivity index (χ0) is 15.0. The lowest BCUT2D eigenvalue weighted by Crippen LogP contribution is -2.29. The minimum absolute atomic E-state index is 0.111. The van der Waals surface area contributed by atoms with E-state index in [-0.39, 0.29) is 13.0 Å². The second-order valence-corrected chi connectivity index (χ2v) is 4.44. The van der Waals surface area contributed by atoms with Gasteiger partial charge in [0.15, 0.2) is 6.10 Å². The molecule has 0 spiro atoms. The first-order valence-corrected chi connectivity index (χ1v) is 6.77. The van der Waals surface area contributed by atoms with Gasteiger partial charge in [0.25, 0.3) is 0 Å². The summed E-state index contributed by atoms with van der Waals surface area (Å²) in [4.78, 5) is 23.5. The van der Waals surface area contributed by atoms with E-state index >= 15 is 0 Å². The number of carbonyl (C=O) groups is 2. The van der Waals surface area contributed by atoms with E-state index in [2.05, 4.69) is 0 Å². The lowest BCUT2D eigenvalue weighted by Gasteiger charge is -2.15. The van der Waals surface area contributed by atoms with Crippen molar-refractivity contribution < 1.29 is 19.1 Å². The van der Waals surface area contributed by atoms with Gasteiger partial charge in [0.1, 0.15) is 0 Å². The van der Waals surface area contributed by atoms with Gasteiger partial charge in [0, 0.05) is 5.69 Å². The van der Waals surface area contributed by atoms with Crippen LogP contribution in [0.1, 0.15) is 32.3 Å². The predicted molar refractivity (Wildman–Crippen MR) is 76.0 cm³/mol. The number of esters is 2. The Morgan fingerprint density at radius 2 is 1.85 bits per heavy atom. The summed E-state index contributed by atoms with van der Waals surface area (Å²) >= 11 is 0. The van der Waals surface area contributed by atoms with Crippen LogP contribution in [0.5, 0.6) is 0 Å². The first-order valence-electron chi connectivity index (χ1n) is 6.77. The molecule has 0 aliphatic carbocycles. The molecular weight excluding hydrogens is 258 g/mol. The molecule has 1 unspecified atom stereocenters. The summed E-state index contributed by atoms with van der Waals surface area (Å²) in [6.45, 7) is 3.91. The highest BCUT2D eigenvalue weighted by atomic mass is 16.6. The van der Waals surface area contributed by atoms with Gasteiger partial charge in [0.2, 0.25) is 0 Å². The molecule has 0 amide bonds. The van der Waals surface area contributed by atoms with Crippen molar-refractivity contribution in [1.29, 1.82) is 0 Å². The number of rotatable bonds is 7. The quantitative estimate of drug-likeness (QED) is 0.610. The summed E-state index contributed by atoms with van der Waals surface area (Å²) in [6, 6.07) is 6.96. The minimum Gasteiger partial charge on any atom is -0.463 e. The number of benzene rings is 1. The zero-order valence-corrected chi connectivity index (χ0v) is 11.9. The molecule has 1 rings (SSSR count). The van der Waals surface area contributed by atoms with E-state index in [0.717, 1.165) is 12.0 Å². The van der Waals surface area contributed by atoms with Crippen molar-refractivity contribution in [2.24, 2.45) is 0 Å². The third-order valence-corrected chi connectivity index (χ3v) is 2.70. The maximum Gasteiger partial charge on any atom is 0.347 e. The molecule has 0 bridgehead atoms. The largest absolute Gasteiger partial charge is 0.463 e. The second-order valence-electron chi connectivity index (χ2n) is 4.44. The van der Waals surface area contributed by atoms with Crippen molar-refractivity contribution in [2.75, 3.05) is 12.3 Å². The Balaban J connectivity index is 2.57. The number of anilines is 1. The number of ether oxygens (including phenoxy) is 2. The monoisotopic (exact) mass is 279 g/mol. The van der Waals surface area contributed by atoms with Gasteiger partial charge < -0.3 is 15.2 Å². The van der Waals surface area contributed by atoms with Gasteiger partial charge >= 0.3 is 11.9 Å². The number of nitrogens with two attached hydrogens (primary N) is 1. The highest BCUT2D eigenvalue weighted by molar-refractivity contribution is 5.80. The smallest absolute Gasteiger partial charge is 0.347 e. The Bertz CT molecular complexity index is 442. The molecule has 0 saturated carbocycles. The van der Waals surface area contributed by atoms with Gasteiger partial charge in [-0.15, -0.1) is 0 Å². The van der Waals surface area contributed by atoms with Crippen LogP contribution in [-0.2, 0) is 25.5 Å². The predicted octanol–water partition coefficient (Wildman–Crippen LogP) is 2.09. The maximum atomic E-state index is 11.8. The molecule has 2 N–H and O–H groups in total. The molecule has 0 aliphatic heterocycles. The summed E-state index contributed by atoms with van der Waals surface area (Å²) in [5, 5.41) is 0. The fraction of sp³-hybridized carbons (Fsp3) is 0.467. The van der Waals surface area contributed by atoms with Crippen LogP contribution in [-0.4, -0.2) is 24.6 Å². The van der Waals surface area contributed by atoms with E-state index < -0.39 is 18.0 Å². The van der Waals surface area contributed by atoms with E-state index in [0.29, 0.717) is 12.1 Å². The first kappa shape index (κ1) is 16.0. The first-order chi connectivity index (χ1) is 9.56. The molecule has 20 heavy (non-hydrogen) atoms. The average Bonchev–Trinajstić information content (AvgIpc) is 2.41. The molecule has 0 heterocycles. The highest BCUT2D eigenvalue weighted by Gasteiger charge is 2.23. The molecular formula is C15H21NO4. The molecule has 5 nitrogen and oxygen atoms in total. The van der Waals surface area contributed by atoms with Crippen LogP contribution < -0.4 is 5.73 Å². The van der Waals surface area contributed by atoms with Crippen molar-refractivity contribution in [1.82, 2.24) is 0 Å². The molecule has 1 atom stereocenters. The summed E-state index contributed by atoms with van der Waals surface area (Å²) in [7, 11) is 0. The van der Waals surface area contributed by atoms with Crippen LogP contribution in [0.4, 0.5) is 5.69 Å². The van der Waals surface area contributed by atoms with Gasteiger partial charge in [0.05, 0.1) is 13.0 Å². The molecule has 1 aromatic carbocycles. The van der Waals surface area contributed by atoms with Crippen LogP contribution in [0, 0.1) is 0 Å². The average molecular weight is 279 g/mol. The standard InChI is InChI=1S/C15H21NO4/c1-3-5-13(15(18)19-4-2)20-14(17)10-11-6-8-12(16)9-7-11/h6-9,13H,3-5,10,16H2,1-2H3. The van der Waals surface area contributed by atoms with Crippen molar-refractivity contribution in [3.8, 4) is 0 Å². The van der Waals surface area contributed by atoms with Crippen molar-refractivity contribution in [3.63, 3.8) is 0 Å². The van der Waals surface area contributed by atoms with Gasteiger partial charge in [-0.1, -0.05) is 25.5 Å². The fourth-order valence-corrected chi connectivity index (χ4v) is 1.72. The topological polar surface area (TPSA) is 78.6 Å². The molecule has 5 heteroatoms. The van der Waals surface area contributed by atoms with E-state index in [9.17, 15) is 9.59 Å². The minimum atomic E-state index is -0.818. The zero-order valence-electron chi connectivity index (χ0n) is 11.9. The Hall–Kier alpha value is -2.04. The fourth-order valence-electron chi connectivity index (χ4n) is 1.72. The third kappa shape index (κ3) is 5.30. The third-order valence-electron chi connectivity index (χ3n) is 2.70. The molecule has 0 saturated heterocycles. The summed E-state index contributed by atoms with van der Waals surface area (Å²) in [5.74, 6) is -0.929. The summed E-state index contributed by atoms with van der Waals surface area (Å²) in [5.41, 5.74) is 7.00. The maximum absolute atomic E-state index is 11.8. The SMILES string of the molecule is CCCC(OC(=O)Cc1ccc(N)cc1)C(=O)OCC. The van der Waals surface area contributed by atoms with Crippen molar-refractivity contribution in [3.05, 3.63) is 29.8 Å². The van der Waals surface area contributed by atoms with E-state index in [1.54, 1.807) is 31.2 Å². The molecule has 0 radical (unpaired) electrons. The van der Waals surface area contributed by atoms with Gasteiger partial charge in [-0.3, -0.25) is 4.79 Å². The Labute approximate surface area is 119 Å². The number of hydrogen-bond acceptors (Lipinski definition) is 5. The number of hydrogen-bond donors (Lipinski definition) is 1. The summed E-state index contributed by atoms with van der Waals surface area (Å²) in [6.07, 6.45) is 0.492. The highest BCUT2D eigenvalue weighted by Crippen LogP contribution is 2.10. The Morgan fingerprint density at radius 3 is 2.40 bits per heavy atom. The van der Waals surface area contributed by atoms with Gasteiger partial charge in [-0.05, 0) is 31.0 Å². The van der Waals surface area contributed by atoms with E-state index in [4.69, 9.17) is 15.2 Å². The normalized spacial score (nSPS) is 11.7. The Morgan fingerprint density at radius 1 is 1.20 bits per heavy atom. The van der Waals surface area contributed by atoms with Crippen molar-refractivity contribution in [2.45, 2.75) is 39.2 Å². The van der Waals surface area contributed by atoms with Crippen LogP contribution in [0.3, 0.4) is 0 Å². The van der Waals surface area contributed by atoms with Crippen molar-refractivity contribution >= 4 is 17.6 Å². The van der Waals surface area contributed by atoms with Crippen LogP contribution in [0.15, 0.2) is 24.3 Å². The summed E-state index contributed by atoms with van der Waals surface area (Å²) < 4.78 is 10.1. The van der Waals surface area contributed by atoms with E-state index in [1.807, 2.05) is 6.92 Å². The molecule has 0 aliphatic rings. The Kier molecular flexibility index (Phi) is 6.56. The second kappa shape index (κ2) is 8.19. The molecule has 0 fully saturated rings. The van der Waals surface area contributed by atoms with Crippen LogP contribution in [0.2, 0.25) is 0 Å². The van der Waals surface area contributed by atoms with Crippen LogP contribution in [0.25, 0.3) is 0 Å². The molecule has 110 valence electrons. The lowest BCUT2D eigenvalue weighted by atomic mass is 10.1. The van der Waals surface area contributed by atoms with Gasteiger partial charge in [-0.2, -0.15) is 0 Å². The number of nitrogen functional groups attached to an aromatic ring is 1. The van der Waals surface area contributed by atoms with Gasteiger partial charge in [-0.25, -0.2) is 4.79 Å². The molecule has 1 aromatic rings. The molecule has 0 aromatic heterocycles. The number of carbonyl (C=O) groups excluding carboxylic acids is 2. The van der Waals surface area contributed by atoms with E-state index in [1.165, 1.54) is 0 Å².